The van der Waals surface area contributed by atoms with Crippen molar-refractivity contribution in [3.8, 4) is 5.75 Å². The molecule has 0 aliphatic carbocycles. The van der Waals surface area contributed by atoms with Gasteiger partial charge in [-0.1, -0.05) is 50.6 Å². The van der Waals surface area contributed by atoms with Crippen LogP contribution >= 0.6 is 11.6 Å². The maximum Gasteiger partial charge on any atom is 0.262 e. The Balaban J connectivity index is 2.00. The average Bonchev–Trinajstić information content (AvgIpc) is 2.63. The van der Waals surface area contributed by atoms with E-state index in [0.717, 1.165) is 12.0 Å². The van der Waals surface area contributed by atoms with E-state index in [4.69, 9.17) is 16.3 Å². The Hall–Kier alpha value is -2.53. The molecule has 27 heavy (non-hydrogen) atoms. The molecule has 0 heterocycles. The second kappa shape index (κ2) is 9.97. The minimum atomic E-state index is -0.326. The van der Waals surface area contributed by atoms with Crippen LogP contribution in [0.15, 0.2) is 42.5 Å². The molecule has 0 bridgehead atoms. The third-order valence-corrected chi connectivity index (χ3v) is 4.23. The largest absolute Gasteiger partial charge is 0.483 e. The Bertz CT molecular complexity index is 806. The Morgan fingerprint density at radius 2 is 1.81 bits per heavy atom. The van der Waals surface area contributed by atoms with Crippen LogP contribution in [0.25, 0.3) is 0 Å². The topological polar surface area (TPSA) is 67.4 Å². The van der Waals surface area contributed by atoms with Gasteiger partial charge in [0, 0.05) is 12.1 Å². The average molecular weight is 389 g/mol. The van der Waals surface area contributed by atoms with E-state index in [1.165, 1.54) is 0 Å². The van der Waals surface area contributed by atoms with Crippen molar-refractivity contribution in [2.24, 2.45) is 0 Å². The fourth-order valence-corrected chi connectivity index (χ4v) is 2.73. The number of benzene rings is 2. The lowest BCUT2D eigenvalue weighted by Gasteiger charge is -2.14. The summed E-state index contributed by atoms with van der Waals surface area (Å²) >= 11 is 6.15. The van der Waals surface area contributed by atoms with E-state index in [1.54, 1.807) is 18.2 Å². The first-order chi connectivity index (χ1) is 12.9. The van der Waals surface area contributed by atoms with Gasteiger partial charge in [0.1, 0.15) is 5.75 Å². The first-order valence-corrected chi connectivity index (χ1v) is 9.39. The van der Waals surface area contributed by atoms with Crippen LogP contribution in [-0.2, 0) is 9.59 Å². The van der Waals surface area contributed by atoms with Gasteiger partial charge in [-0.25, -0.2) is 0 Å². The predicted molar refractivity (Wildman–Crippen MR) is 110 cm³/mol. The van der Waals surface area contributed by atoms with Gasteiger partial charge >= 0.3 is 0 Å². The predicted octanol–water partition coefficient (Wildman–Crippen LogP) is 5.22. The molecule has 0 radical (unpaired) electrons. The molecule has 0 saturated carbocycles. The Labute approximate surface area is 165 Å². The van der Waals surface area contributed by atoms with Crippen LogP contribution in [0.3, 0.4) is 0 Å². The molecule has 0 aromatic heterocycles. The molecule has 0 atom stereocenters. The van der Waals surface area contributed by atoms with Gasteiger partial charge in [0.15, 0.2) is 6.61 Å². The Morgan fingerprint density at radius 3 is 2.52 bits per heavy atom. The van der Waals surface area contributed by atoms with Gasteiger partial charge < -0.3 is 15.4 Å². The van der Waals surface area contributed by atoms with Crippen LogP contribution < -0.4 is 15.4 Å². The minimum Gasteiger partial charge on any atom is -0.483 e. The van der Waals surface area contributed by atoms with E-state index in [1.807, 2.05) is 31.2 Å². The number of ether oxygens (including phenoxy) is 1. The van der Waals surface area contributed by atoms with Crippen molar-refractivity contribution in [2.75, 3.05) is 17.2 Å². The number of anilines is 2. The maximum atomic E-state index is 12.3. The fraction of sp³-hybridized carbons (Fsp3) is 0.333. The third kappa shape index (κ3) is 6.29. The summed E-state index contributed by atoms with van der Waals surface area (Å²) in [4.78, 5) is 24.0. The van der Waals surface area contributed by atoms with Crippen LogP contribution in [0.4, 0.5) is 11.4 Å². The number of hydrogen-bond acceptors (Lipinski definition) is 3. The van der Waals surface area contributed by atoms with Gasteiger partial charge in [0.05, 0.1) is 10.7 Å². The summed E-state index contributed by atoms with van der Waals surface area (Å²) in [6.45, 7) is 5.94. The molecular weight excluding hydrogens is 364 g/mol. The number of carbonyl (C=O) groups is 2. The quantitative estimate of drug-likeness (QED) is 0.651. The molecule has 2 rings (SSSR count). The SMILES string of the molecule is CCCC(=O)Nc1ccc(Cl)c(NC(=O)COc2ccccc2C(C)C)c1. The van der Waals surface area contributed by atoms with Gasteiger partial charge in [-0.05, 0) is 42.2 Å². The summed E-state index contributed by atoms with van der Waals surface area (Å²) in [5, 5.41) is 5.90. The van der Waals surface area contributed by atoms with E-state index in [9.17, 15) is 9.59 Å². The lowest BCUT2D eigenvalue weighted by molar-refractivity contribution is -0.118. The van der Waals surface area contributed by atoms with Gasteiger partial charge in [0.25, 0.3) is 5.91 Å². The minimum absolute atomic E-state index is 0.0780. The lowest BCUT2D eigenvalue weighted by atomic mass is 10.0. The molecular formula is C21H25ClN2O3. The van der Waals surface area contributed by atoms with E-state index in [-0.39, 0.29) is 18.4 Å². The summed E-state index contributed by atoms with van der Waals surface area (Å²) < 4.78 is 5.67. The summed E-state index contributed by atoms with van der Waals surface area (Å²) in [5.41, 5.74) is 2.06. The number of nitrogens with one attached hydrogen (secondary N) is 2. The summed E-state index contributed by atoms with van der Waals surface area (Å²) in [6, 6.07) is 12.6. The number of hydrogen-bond donors (Lipinski definition) is 2. The second-order valence-electron chi connectivity index (χ2n) is 6.52. The highest BCUT2D eigenvalue weighted by molar-refractivity contribution is 6.33. The van der Waals surface area contributed by atoms with Crippen LogP contribution in [0.1, 0.15) is 45.1 Å². The summed E-state index contributed by atoms with van der Waals surface area (Å²) in [5.74, 6) is 0.578. The molecule has 2 N–H and O–H groups in total. The van der Waals surface area contributed by atoms with E-state index < -0.39 is 0 Å². The monoisotopic (exact) mass is 388 g/mol. The molecule has 2 amide bonds. The lowest BCUT2D eigenvalue weighted by Crippen LogP contribution is -2.21. The molecule has 0 fully saturated rings. The number of rotatable bonds is 8. The zero-order chi connectivity index (χ0) is 19.8. The summed E-state index contributed by atoms with van der Waals surface area (Å²) in [7, 11) is 0. The van der Waals surface area contributed by atoms with Crippen LogP contribution in [-0.4, -0.2) is 18.4 Å². The number of carbonyl (C=O) groups excluding carboxylic acids is 2. The molecule has 144 valence electrons. The van der Waals surface area contributed by atoms with Crippen LogP contribution in [0.5, 0.6) is 5.75 Å². The van der Waals surface area contributed by atoms with E-state index in [0.29, 0.717) is 34.5 Å². The van der Waals surface area contributed by atoms with Crippen LogP contribution in [0, 0.1) is 0 Å². The van der Waals surface area contributed by atoms with Gasteiger partial charge in [-0.15, -0.1) is 0 Å². The molecule has 6 heteroatoms. The van der Waals surface area contributed by atoms with E-state index >= 15 is 0 Å². The van der Waals surface area contributed by atoms with Gasteiger partial charge in [-0.2, -0.15) is 0 Å². The third-order valence-electron chi connectivity index (χ3n) is 3.90. The number of para-hydroxylation sites is 1. The molecule has 0 unspecified atom stereocenters. The fourth-order valence-electron chi connectivity index (χ4n) is 2.57. The first kappa shape index (κ1) is 20.8. The Morgan fingerprint density at radius 1 is 1.07 bits per heavy atom. The zero-order valence-corrected chi connectivity index (χ0v) is 16.6. The molecule has 2 aromatic rings. The molecule has 0 aliphatic rings. The molecule has 2 aromatic carbocycles. The molecule has 5 nitrogen and oxygen atoms in total. The highest BCUT2D eigenvalue weighted by Gasteiger charge is 2.11. The maximum absolute atomic E-state index is 12.3. The van der Waals surface area contributed by atoms with Crippen molar-refractivity contribution in [1.82, 2.24) is 0 Å². The first-order valence-electron chi connectivity index (χ1n) is 9.01. The standard InChI is InChI=1S/C21H25ClN2O3/c1-4-7-20(25)23-15-10-11-17(22)18(12-15)24-21(26)13-27-19-9-6-5-8-16(19)14(2)3/h5-6,8-12,14H,4,7,13H2,1-3H3,(H,23,25)(H,24,26). The van der Waals surface area contributed by atoms with Crippen molar-refractivity contribution in [2.45, 2.75) is 39.5 Å². The van der Waals surface area contributed by atoms with Crippen LogP contribution in [0.2, 0.25) is 5.02 Å². The zero-order valence-electron chi connectivity index (χ0n) is 15.8. The molecule has 0 spiro atoms. The molecule has 0 saturated heterocycles. The van der Waals surface area contributed by atoms with E-state index in [2.05, 4.69) is 24.5 Å². The van der Waals surface area contributed by atoms with Crippen molar-refractivity contribution < 1.29 is 14.3 Å². The molecule has 0 aliphatic heterocycles. The second-order valence-corrected chi connectivity index (χ2v) is 6.93. The smallest absolute Gasteiger partial charge is 0.262 e. The Kier molecular flexibility index (Phi) is 7.67. The number of halogens is 1. The van der Waals surface area contributed by atoms with Gasteiger partial charge in [0.2, 0.25) is 5.91 Å². The highest BCUT2D eigenvalue weighted by Crippen LogP contribution is 2.27. The van der Waals surface area contributed by atoms with Crippen molar-refractivity contribution >= 4 is 34.8 Å². The summed E-state index contributed by atoms with van der Waals surface area (Å²) in [6.07, 6.45) is 1.20. The van der Waals surface area contributed by atoms with Gasteiger partial charge in [-0.3, -0.25) is 9.59 Å². The number of amides is 2. The van der Waals surface area contributed by atoms with Crippen molar-refractivity contribution in [3.05, 3.63) is 53.1 Å². The normalized spacial score (nSPS) is 10.6. The van der Waals surface area contributed by atoms with Crippen molar-refractivity contribution in [1.29, 1.82) is 0 Å². The highest BCUT2D eigenvalue weighted by atomic mass is 35.5. The van der Waals surface area contributed by atoms with Crippen molar-refractivity contribution in [3.63, 3.8) is 0 Å².